The topological polar surface area (TPSA) is 43.6 Å². The van der Waals surface area contributed by atoms with E-state index in [9.17, 15) is 4.79 Å². The number of pyridine rings is 1. The van der Waals surface area contributed by atoms with Gasteiger partial charge in [-0.3, -0.25) is 4.40 Å². The molecule has 0 radical (unpaired) electrons. The fraction of sp³-hybridized carbons (Fsp3) is 0.100. The van der Waals surface area contributed by atoms with Gasteiger partial charge < -0.3 is 4.74 Å². The molecule has 4 nitrogen and oxygen atoms in total. The normalized spacial score (nSPS) is 10.6. The lowest BCUT2D eigenvalue weighted by Gasteiger charge is -2.10. The maximum absolute atomic E-state index is 11.8. The van der Waals surface area contributed by atoms with Crippen molar-refractivity contribution in [2.45, 2.75) is 6.92 Å². The van der Waals surface area contributed by atoms with Crippen molar-refractivity contribution in [2.24, 2.45) is 0 Å². The molecule has 25 heavy (non-hydrogen) atoms. The lowest BCUT2D eigenvalue weighted by molar-refractivity contribution is 0.0526. The number of benzene rings is 2. The van der Waals surface area contributed by atoms with Crippen LogP contribution in [0.3, 0.4) is 0 Å². The van der Waals surface area contributed by atoms with E-state index < -0.39 is 0 Å². The van der Waals surface area contributed by atoms with E-state index in [1.54, 1.807) is 19.1 Å². The van der Waals surface area contributed by atoms with Crippen molar-refractivity contribution in [1.82, 2.24) is 9.38 Å². The minimum Gasteiger partial charge on any atom is -0.462 e. The van der Waals surface area contributed by atoms with Crippen LogP contribution in [-0.2, 0) is 4.74 Å². The summed E-state index contributed by atoms with van der Waals surface area (Å²) in [4.78, 5) is 16.1. The summed E-state index contributed by atoms with van der Waals surface area (Å²) in [7, 11) is 0. The van der Waals surface area contributed by atoms with Crippen LogP contribution in [0.25, 0.3) is 27.5 Å². The third kappa shape index (κ3) is 2.96. The summed E-state index contributed by atoms with van der Waals surface area (Å²) in [6.07, 6.45) is 3.69. The summed E-state index contributed by atoms with van der Waals surface area (Å²) in [5.41, 5.74) is 3.69. The van der Waals surface area contributed by atoms with Gasteiger partial charge in [-0.05, 0) is 36.1 Å². The van der Waals surface area contributed by atoms with Gasteiger partial charge in [-0.15, -0.1) is 12.4 Å². The van der Waals surface area contributed by atoms with E-state index in [2.05, 4.69) is 27.6 Å². The molecule has 2 heterocycles. The first-order chi connectivity index (χ1) is 11.8. The van der Waals surface area contributed by atoms with E-state index in [0.717, 1.165) is 22.2 Å². The van der Waals surface area contributed by atoms with E-state index in [-0.39, 0.29) is 18.4 Å². The van der Waals surface area contributed by atoms with Crippen LogP contribution in [0.4, 0.5) is 0 Å². The first-order valence-corrected chi connectivity index (χ1v) is 7.89. The van der Waals surface area contributed by atoms with Crippen LogP contribution in [0.5, 0.6) is 0 Å². The van der Waals surface area contributed by atoms with E-state index in [4.69, 9.17) is 4.74 Å². The van der Waals surface area contributed by atoms with Crippen LogP contribution in [0, 0.1) is 0 Å². The number of nitrogens with zero attached hydrogens (tertiary/aromatic N) is 2. The average Bonchev–Trinajstić information content (AvgIpc) is 3.11. The number of fused-ring (bicyclic) bond motifs is 3. The Morgan fingerprint density at radius 2 is 1.88 bits per heavy atom. The molecule has 2 aromatic carbocycles. The lowest BCUT2D eigenvalue weighted by atomic mass is 10.0. The van der Waals surface area contributed by atoms with Gasteiger partial charge in [-0.1, -0.05) is 36.4 Å². The van der Waals surface area contributed by atoms with Crippen molar-refractivity contribution >= 4 is 34.7 Å². The summed E-state index contributed by atoms with van der Waals surface area (Å²) < 4.78 is 7.11. The first kappa shape index (κ1) is 17.0. The molecule has 126 valence electrons. The Labute approximate surface area is 151 Å². The number of imidazole rings is 1. The molecule has 0 bridgehead atoms. The van der Waals surface area contributed by atoms with E-state index in [0.29, 0.717) is 12.2 Å². The molecular weight excluding hydrogens is 336 g/mol. The van der Waals surface area contributed by atoms with Crippen LogP contribution in [0.1, 0.15) is 17.3 Å². The van der Waals surface area contributed by atoms with Gasteiger partial charge in [0.1, 0.15) is 0 Å². The lowest BCUT2D eigenvalue weighted by Crippen LogP contribution is -2.04. The van der Waals surface area contributed by atoms with Gasteiger partial charge in [0, 0.05) is 5.39 Å². The number of aromatic nitrogens is 2. The second kappa shape index (κ2) is 6.95. The standard InChI is InChI=1S/C20H16N2O2.ClH/c1-2-24-20(23)15-9-7-14(8-10-15)18-11-16-5-3-4-6-17(16)19-12-21-13-22(18)19;/h3-13H,2H2,1H3;1H. The van der Waals surface area contributed by atoms with Gasteiger partial charge in [0.2, 0.25) is 0 Å². The van der Waals surface area contributed by atoms with Crippen LogP contribution in [0.2, 0.25) is 0 Å². The number of esters is 1. The molecule has 0 saturated carbocycles. The fourth-order valence-corrected chi connectivity index (χ4v) is 2.97. The quantitative estimate of drug-likeness (QED) is 0.499. The molecule has 0 unspecified atom stereocenters. The molecule has 0 spiro atoms. The molecule has 2 aromatic heterocycles. The highest BCUT2D eigenvalue weighted by atomic mass is 35.5. The van der Waals surface area contributed by atoms with Gasteiger partial charge in [0.05, 0.1) is 35.9 Å². The maximum atomic E-state index is 11.8. The Balaban J connectivity index is 0.00000182. The molecular formula is C20H17ClN2O2. The van der Waals surface area contributed by atoms with Crippen molar-refractivity contribution in [1.29, 1.82) is 0 Å². The Bertz CT molecular complexity index is 1040. The zero-order valence-electron chi connectivity index (χ0n) is 13.7. The minimum atomic E-state index is -0.296. The highest BCUT2D eigenvalue weighted by Crippen LogP contribution is 2.28. The number of hydrogen-bond acceptors (Lipinski definition) is 3. The summed E-state index contributed by atoms with van der Waals surface area (Å²) in [6, 6.07) is 17.9. The second-order valence-electron chi connectivity index (χ2n) is 5.56. The molecule has 0 amide bonds. The number of carbonyl (C=O) groups is 1. The zero-order chi connectivity index (χ0) is 16.5. The average molecular weight is 353 g/mol. The SMILES string of the molecule is CCOC(=O)c1ccc(-c2cc3ccccc3c3cncn23)cc1.Cl. The van der Waals surface area contributed by atoms with Gasteiger partial charge in [0.15, 0.2) is 0 Å². The summed E-state index contributed by atoms with van der Waals surface area (Å²) in [6.45, 7) is 2.18. The summed E-state index contributed by atoms with van der Waals surface area (Å²) in [5, 5.41) is 2.33. The Morgan fingerprint density at radius 3 is 2.64 bits per heavy atom. The number of carbonyl (C=O) groups excluding carboxylic acids is 1. The predicted molar refractivity (Wildman–Crippen MR) is 101 cm³/mol. The van der Waals surface area contributed by atoms with Crippen LogP contribution in [-0.4, -0.2) is 22.0 Å². The predicted octanol–water partition coefficient (Wildman–Crippen LogP) is 4.75. The van der Waals surface area contributed by atoms with Crippen molar-refractivity contribution in [3.63, 3.8) is 0 Å². The first-order valence-electron chi connectivity index (χ1n) is 7.89. The molecule has 0 saturated heterocycles. The molecule has 5 heteroatoms. The molecule has 0 fully saturated rings. The van der Waals surface area contributed by atoms with Crippen LogP contribution >= 0.6 is 12.4 Å². The molecule has 4 aromatic rings. The van der Waals surface area contributed by atoms with Crippen LogP contribution < -0.4 is 0 Å². The number of halogens is 1. The number of rotatable bonds is 3. The van der Waals surface area contributed by atoms with Crippen molar-refractivity contribution in [2.75, 3.05) is 6.61 Å². The Kier molecular flexibility index (Phi) is 4.72. The van der Waals surface area contributed by atoms with E-state index in [1.165, 1.54) is 5.39 Å². The van der Waals surface area contributed by atoms with Gasteiger partial charge in [0.25, 0.3) is 0 Å². The highest BCUT2D eigenvalue weighted by Gasteiger charge is 2.10. The van der Waals surface area contributed by atoms with Gasteiger partial charge >= 0.3 is 5.97 Å². The Hall–Kier alpha value is -2.85. The number of ether oxygens (including phenoxy) is 1. The molecule has 0 aliphatic rings. The monoisotopic (exact) mass is 352 g/mol. The minimum absolute atomic E-state index is 0. The van der Waals surface area contributed by atoms with Crippen molar-refractivity contribution in [3.8, 4) is 11.3 Å². The van der Waals surface area contributed by atoms with Gasteiger partial charge in [-0.25, -0.2) is 9.78 Å². The van der Waals surface area contributed by atoms with E-state index >= 15 is 0 Å². The largest absolute Gasteiger partial charge is 0.462 e. The smallest absolute Gasteiger partial charge is 0.338 e. The zero-order valence-corrected chi connectivity index (χ0v) is 14.5. The third-order valence-electron chi connectivity index (χ3n) is 4.12. The summed E-state index contributed by atoms with van der Waals surface area (Å²) >= 11 is 0. The highest BCUT2D eigenvalue weighted by molar-refractivity contribution is 5.98. The molecule has 0 aliphatic heterocycles. The van der Waals surface area contributed by atoms with Gasteiger partial charge in [-0.2, -0.15) is 0 Å². The van der Waals surface area contributed by atoms with Crippen LogP contribution in [0.15, 0.2) is 67.1 Å². The molecule has 0 atom stereocenters. The van der Waals surface area contributed by atoms with Crippen molar-refractivity contribution in [3.05, 3.63) is 72.7 Å². The summed E-state index contributed by atoms with van der Waals surface area (Å²) in [5.74, 6) is -0.296. The number of hydrogen-bond donors (Lipinski definition) is 0. The Morgan fingerprint density at radius 1 is 1.12 bits per heavy atom. The van der Waals surface area contributed by atoms with E-state index in [1.807, 2.05) is 36.8 Å². The molecule has 0 N–H and O–H groups in total. The van der Waals surface area contributed by atoms with Crippen molar-refractivity contribution < 1.29 is 9.53 Å². The maximum Gasteiger partial charge on any atom is 0.338 e. The molecule has 4 rings (SSSR count). The molecule has 0 aliphatic carbocycles. The fourth-order valence-electron chi connectivity index (χ4n) is 2.97. The second-order valence-corrected chi connectivity index (χ2v) is 5.56. The third-order valence-corrected chi connectivity index (χ3v) is 4.12.